The molecule has 0 atom stereocenters. The molecule has 0 radical (unpaired) electrons. The smallest absolute Gasteiger partial charge is 0.339 e. The lowest BCUT2D eigenvalue weighted by Crippen LogP contribution is -2.00. The Labute approximate surface area is 117 Å². The van der Waals surface area contributed by atoms with E-state index in [1.54, 1.807) is 18.2 Å². The molecule has 1 aromatic heterocycles. The molecule has 1 N–H and O–H groups in total. The molecule has 19 heavy (non-hydrogen) atoms. The van der Waals surface area contributed by atoms with Crippen molar-refractivity contribution >= 4 is 21.9 Å². The van der Waals surface area contributed by atoms with E-state index in [9.17, 15) is 4.79 Å². The minimum absolute atomic E-state index is 0.0364. The zero-order valence-corrected chi connectivity index (χ0v) is 11.1. The number of rotatable bonds is 3. The summed E-state index contributed by atoms with van der Waals surface area (Å²) in [5.41, 5.74) is 0.439. The summed E-state index contributed by atoms with van der Waals surface area (Å²) >= 11 is 3.25. The zero-order chi connectivity index (χ0) is 13.8. The third kappa shape index (κ3) is 3.09. The molecular formula is C13H7BrN2O3. The summed E-state index contributed by atoms with van der Waals surface area (Å²) in [7, 11) is 0. The van der Waals surface area contributed by atoms with Crippen molar-refractivity contribution in [2.45, 2.75) is 0 Å². The molecule has 5 nitrogen and oxygen atoms in total. The van der Waals surface area contributed by atoms with Crippen molar-refractivity contribution in [2.24, 2.45) is 0 Å². The first-order valence-electron chi connectivity index (χ1n) is 5.17. The number of carboxylic acids is 1. The highest BCUT2D eigenvalue weighted by Gasteiger charge is 2.13. The van der Waals surface area contributed by atoms with Gasteiger partial charge in [-0.1, -0.05) is 15.9 Å². The number of nitrogens with zero attached hydrogens (tertiary/aromatic N) is 2. The lowest BCUT2D eigenvalue weighted by Gasteiger charge is -2.08. The van der Waals surface area contributed by atoms with Crippen molar-refractivity contribution in [1.29, 1.82) is 5.26 Å². The number of nitriles is 1. The van der Waals surface area contributed by atoms with Gasteiger partial charge in [-0.3, -0.25) is 0 Å². The number of ether oxygens (including phenoxy) is 1. The van der Waals surface area contributed by atoms with Gasteiger partial charge in [0.15, 0.2) is 0 Å². The fourth-order valence-electron chi connectivity index (χ4n) is 1.38. The van der Waals surface area contributed by atoms with Crippen LogP contribution < -0.4 is 4.74 Å². The van der Waals surface area contributed by atoms with E-state index in [4.69, 9.17) is 15.1 Å². The van der Waals surface area contributed by atoms with Gasteiger partial charge in [-0.2, -0.15) is 5.26 Å². The maximum Gasteiger partial charge on any atom is 0.339 e. The highest BCUT2D eigenvalue weighted by atomic mass is 79.9. The van der Waals surface area contributed by atoms with Gasteiger partial charge >= 0.3 is 5.97 Å². The Morgan fingerprint density at radius 1 is 1.37 bits per heavy atom. The van der Waals surface area contributed by atoms with Gasteiger partial charge in [0.1, 0.15) is 17.4 Å². The van der Waals surface area contributed by atoms with E-state index in [-0.39, 0.29) is 17.2 Å². The average molecular weight is 319 g/mol. The van der Waals surface area contributed by atoms with Gasteiger partial charge in [0.2, 0.25) is 5.88 Å². The maximum atomic E-state index is 11.1. The Morgan fingerprint density at radius 2 is 2.16 bits per heavy atom. The molecule has 6 heteroatoms. The molecule has 1 heterocycles. The molecule has 2 rings (SSSR count). The first kappa shape index (κ1) is 13.1. The zero-order valence-electron chi connectivity index (χ0n) is 9.50. The van der Waals surface area contributed by atoms with Crippen molar-refractivity contribution in [3.8, 4) is 17.7 Å². The van der Waals surface area contributed by atoms with E-state index >= 15 is 0 Å². The van der Waals surface area contributed by atoms with Gasteiger partial charge in [-0.05, 0) is 24.3 Å². The van der Waals surface area contributed by atoms with E-state index in [0.717, 1.165) is 0 Å². The van der Waals surface area contributed by atoms with Crippen LogP contribution >= 0.6 is 15.9 Å². The Balaban J connectivity index is 2.34. The van der Waals surface area contributed by atoms with Crippen LogP contribution in [0.1, 0.15) is 15.9 Å². The van der Waals surface area contributed by atoms with Crippen LogP contribution in [-0.4, -0.2) is 16.1 Å². The predicted molar refractivity (Wildman–Crippen MR) is 70.1 cm³/mol. The van der Waals surface area contributed by atoms with Gasteiger partial charge < -0.3 is 9.84 Å². The summed E-state index contributed by atoms with van der Waals surface area (Å²) in [5, 5.41) is 17.7. The number of pyridine rings is 1. The van der Waals surface area contributed by atoms with Gasteiger partial charge in [0, 0.05) is 16.7 Å². The molecule has 0 unspecified atom stereocenters. The summed E-state index contributed by atoms with van der Waals surface area (Å²) in [6.07, 6.45) is 1.35. The summed E-state index contributed by atoms with van der Waals surface area (Å²) in [4.78, 5) is 15.0. The Hall–Kier alpha value is -2.39. The van der Waals surface area contributed by atoms with Crippen LogP contribution in [0.15, 0.2) is 41.0 Å². The second kappa shape index (κ2) is 5.50. The molecule has 0 saturated heterocycles. The summed E-state index contributed by atoms with van der Waals surface area (Å²) < 4.78 is 6.12. The molecule has 0 bridgehead atoms. The second-order valence-electron chi connectivity index (χ2n) is 3.54. The van der Waals surface area contributed by atoms with Crippen LogP contribution in [0.2, 0.25) is 0 Å². The van der Waals surface area contributed by atoms with E-state index in [1.807, 2.05) is 6.07 Å². The van der Waals surface area contributed by atoms with Gasteiger partial charge in [0.05, 0.1) is 5.56 Å². The van der Waals surface area contributed by atoms with Crippen molar-refractivity contribution in [3.63, 3.8) is 0 Å². The second-order valence-corrected chi connectivity index (χ2v) is 4.46. The lowest BCUT2D eigenvalue weighted by molar-refractivity contribution is 0.0694. The molecule has 0 amide bonds. The molecule has 2 aromatic rings. The average Bonchev–Trinajstić information content (AvgIpc) is 2.39. The molecule has 0 aliphatic rings. The fourth-order valence-corrected chi connectivity index (χ4v) is 1.72. The molecule has 94 valence electrons. The Bertz CT molecular complexity index is 663. The number of halogens is 1. The standard InChI is InChI=1S/C13H7BrN2O3/c14-9-2-3-10(13(17)18)11(5-9)19-12-4-1-8(6-15)7-16-12/h1-5,7H,(H,17,18). The lowest BCUT2D eigenvalue weighted by atomic mass is 10.2. The van der Waals surface area contributed by atoms with Crippen molar-refractivity contribution in [2.75, 3.05) is 0 Å². The SMILES string of the molecule is N#Cc1ccc(Oc2cc(Br)ccc2C(=O)O)nc1. The largest absolute Gasteiger partial charge is 0.478 e. The molecule has 0 fully saturated rings. The quantitative estimate of drug-likeness (QED) is 0.939. The van der Waals surface area contributed by atoms with E-state index < -0.39 is 5.97 Å². The maximum absolute atomic E-state index is 11.1. The molecule has 0 aliphatic heterocycles. The first-order chi connectivity index (χ1) is 9.10. The van der Waals surface area contributed by atoms with Crippen LogP contribution in [0.25, 0.3) is 0 Å². The van der Waals surface area contributed by atoms with Gasteiger partial charge in [-0.25, -0.2) is 9.78 Å². The van der Waals surface area contributed by atoms with Gasteiger partial charge in [-0.15, -0.1) is 0 Å². The van der Waals surface area contributed by atoms with Crippen molar-refractivity contribution in [3.05, 3.63) is 52.1 Å². The predicted octanol–water partition coefficient (Wildman–Crippen LogP) is 3.21. The summed E-state index contributed by atoms with van der Waals surface area (Å²) in [5.74, 6) is -0.685. The number of aromatic nitrogens is 1. The topological polar surface area (TPSA) is 83.2 Å². The minimum Gasteiger partial charge on any atom is -0.478 e. The van der Waals surface area contributed by atoms with Crippen molar-refractivity contribution in [1.82, 2.24) is 4.98 Å². The fraction of sp³-hybridized carbons (Fsp3) is 0. The number of carbonyl (C=O) groups is 1. The number of aromatic carboxylic acids is 1. The van der Waals surface area contributed by atoms with Crippen LogP contribution in [0, 0.1) is 11.3 Å². The van der Waals surface area contributed by atoms with Crippen LogP contribution in [0.4, 0.5) is 0 Å². The van der Waals surface area contributed by atoms with E-state index in [0.29, 0.717) is 10.0 Å². The number of benzene rings is 1. The van der Waals surface area contributed by atoms with Gasteiger partial charge in [0.25, 0.3) is 0 Å². The number of hydrogen-bond donors (Lipinski definition) is 1. The molecular weight excluding hydrogens is 312 g/mol. The molecule has 0 aliphatic carbocycles. The van der Waals surface area contributed by atoms with Crippen LogP contribution in [0.3, 0.4) is 0 Å². The normalized spacial score (nSPS) is 9.68. The van der Waals surface area contributed by atoms with E-state index in [1.165, 1.54) is 18.3 Å². The summed E-state index contributed by atoms with van der Waals surface area (Å²) in [6, 6.07) is 9.58. The highest BCUT2D eigenvalue weighted by molar-refractivity contribution is 9.10. The number of hydrogen-bond acceptors (Lipinski definition) is 4. The van der Waals surface area contributed by atoms with Crippen molar-refractivity contribution < 1.29 is 14.6 Å². The minimum atomic E-state index is -1.09. The highest BCUT2D eigenvalue weighted by Crippen LogP contribution is 2.27. The Kier molecular flexibility index (Phi) is 3.78. The third-order valence-corrected chi connectivity index (χ3v) is 2.75. The Morgan fingerprint density at radius 3 is 2.74 bits per heavy atom. The summed E-state index contributed by atoms with van der Waals surface area (Å²) in [6.45, 7) is 0. The van der Waals surface area contributed by atoms with E-state index in [2.05, 4.69) is 20.9 Å². The van der Waals surface area contributed by atoms with Crippen LogP contribution in [0.5, 0.6) is 11.6 Å². The molecule has 0 saturated carbocycles. The first-order valence-corrected chi connectivity index (χ1v) is 5.96. The number of carboxylic acid groups (broad SMARTS) is 1. The molecule has 0 spiro atoms. The van der Waals surface area contributed by atoms with Crippen LogP contribution in [-0.2, 0) is 0 Å². The third-order valence-electron chi connectivity index (χ3n) is 2.25. The monoisotopic (exact) mass is 318 g/mol. The molecule has 1 aromatic carbocycles.